The maximum Gasteiger partial charge on any atom is 0.120 e. The number of phenols is 1. The van der Waals surface area contributed by atoms with Crippen LogP contribution >= 0.6 is 0 Å². The number of aromatic nitrogens is 1. The van der Waals surface area contributed by atoms with Gasteiger partial charge in [-0.2, -0.15) is 0 Å². The Bertz CT molecular complexity index is 564. The summed E-state index contributed by atoms with van der Waals surface area (Å²) in [6, 6.07) is 9.61. The zero-order chi connectivity index (χ0) is 13.1. The third-order valence-corrected chi connectivity index (χ3v) is 2.93. The summed E-state index contributed by atoms with van der Waals surface area (Å²) in [6.07, 6.45) is 0. The highest BCUT2D eigenvalue weighted by molar-refractivity contribution is 5.49. The van der Waals surface area contributed by atoms with Crippen molar-refractivity contribution in [1.29, 1.82) is 0 Å². The zero-order valence-corrected chi connectivity index (χ0v) is 11.0. The van der Waals surface area contributed by atoms with Gasteiger partial charge >= 0.3 is 0 Å². The first kappa shape index (κ1) is 12.4. The molecule has 2 aromatic rings. The van der Waals surface area contributed by atoms with Crippen molar-refractivity contribution in [3.63, 3.8) is 0 Å². The molecule has 1 aromatic carbocycles. The Hall–Kier alpha value is -2.03. The predicted molar refractivity (Wildman–Crippen MR) is 73.9 cm³/mol. The highest BCUT2D eigenvalue weighted by Gasteiger charge is 2.03. The molecule has 0 saturated heterocycles. The van der Waals surface area contributed by atoms with Crippen LogP contribution in [0.4, 0.5) is 5.69 Å². The number of nitrogens with one attached hydrogen (secondary N) is 1. The first-order chi connectivity index (χ1) is 8.56. The lowest BCUT2D eigenvalue weighted by molar-refractivity contribution is 0.469. The minimum absolute atomic E-state index is 0.325. The van der Waals surface area contributed by atoms with Gasteiger partial charge in [-0.1, -0.05) is 17.7 Å². The van der Waals surface area contributed by atoms with Crippen molar-refractivity contribution in [2.24, 2.45) is 0 Å². The standard InChI is InChI=1S/C15H18N2O/c1-10-4-7-15(18)13(8-10)9-16-14-6-5-11(2)17-12(14)3/h4-8,16,18H,9H2,1-3H3. The fraction of sp³-hybridized carbons (Fsp3) is 0.267. The molecule has 2 rings (SSSR count). The molecule has 0 radical (unpaired) electrons. The summed E-state index contributed by atoms with van der Waals surface area (Å²) in [5.41, 5.74) is 5.03. The molecule has 0 saturated carbocycles. The Morgan fingerprint density at radius 2 is 1.89 bits per heavy atom. The lowest BCUT2D eigenvalue weighted by Crippen LogP contribution is -2.03. The Morgan fingerprint density at radius 3 is 2.61 bits per heavy atom. The van der Waals surface area contributed by atoms with Crippen molar-refractivity contribution in [1.82, 2.24) is 4.98 Å². The van der Waals surface area contributed by atoms with Gasteiger partial charge < -0.3 is 10.4 Å². The lowest BCUT2D eigenvalue weighted by atomic mass is 10.1. The highest BCUT2D eigenvalue weighted by Crippen LogP contribution is 2.20. The van der Waals surface area contributed by atoms with Gasteiger partial charge in [-0.15, -0.1) is 0 Å². The van der Waals surface area contributed by atoms with Crippen molar-refractivity contribution < 1.29 is 5.11 Å². The van der Waals surface area contributed by atoms with Gasteiger partial charge in [0.2, 0.25) is 0 Å². The van der Waals surface area contributed by atoms with Crippen LogP contribution < -0.4 is 5.32 Å². The van der Waals surface area contributed by atoms with Crippen LogP contribution in [-0.2, 0) is 6.54 Å². The molecule has 3 nitrogen and oxygen atoms in total. The molecule has 0 aliphatic carbocycles. The van der Waals surface area contributed by atoms with Gasteiger partial charge in [-0.3, -0.25) is 4.98 Å². The number of pyridine rings is 1. The normalized spacial score (nSPS) is 10.4. The van der Waals surface area contributed by atoms with Crippen LogP contribution in [0.5, 0.6) is 5.75 Å². The summed E-state index contributed by atoms with van der Waals surface area (Å²) in [5.74, 6) is 0.325. The summed E-state index contributed by atoms with van der Waals surface area (Å²) in [4.78, 5) is 4.40. The molecule has 1 aromatic heterocycles. The zero-order valence-electron chi connectivity index (χ0n) is 11.0. The van der Waals surface area contributed by atoms with Gasteiger partial charge in [-0.05, 0) is 39.0 Å². The molecule has 0 aliphatic heterocycles. The molecule has 18 heavy (non-hydrogen) atoms. The quantitative estimate of drug-likeness (QED) is 0.867. The number of anilines is 1. The largest absolute Gasteiger partial charge is 0.508 e. The Kier molecular flexibility index (Phi) is 3.51. The molecule has 0 aliphatic rings. The third-order valence-electron chi connectivity index (χ3n) is 2.93. The number of benzene rings is 1. The third kappa shape index (κ3) is 2.80. The summed E-state index contributed by atoms with van der Waals surface area (Å²) < 4.78 is 0. The van der Waals surface area contributed by atoms with E-state index >= 15 is 0 Å². The first-order valence-corrected chi connectivity index (χ1v) is 6.03. The average Bonchev–Trinajstić information content (AvgIpc) is 2.32. The minimum atomic E-state index is 0.325. The van der Waals surface area contributed by atoms with Crippen LogP contribution in [0, 0.1) is 20.8 Å². The maximum absolute atomic E-state index is 9.77. The molecule has 0 bridgehead atoms. The summed E-state index contributed by atoms with van der Waals surface area (Å²) in [5, 5.41) is 13.1. The molecule has 0 unspecified atom stereocenters. The van der Waals surface area contributed by atoms with E-state index in [0.717, 1.165) is 28.2 Å². The van der Waals surface area contributed by atoms with E-state index < -0.39 is 0 Å². The molecular weight excluding hydrogens is 224 g/mol. The van der Waals surface area contributed by atoms with E-state index in [2.05, 4.69) is 10.3 Å². The summed E-state index contributed by atoms with van der Waals surface area (Å²) >= 11 is 0. The van der Waals surface area contributed by atoms with Crippen molar-refractivity contribution in [3.8, 4) is 5.75 Å². The number of rotatable bonds is 3. The van der Waals surface area contributed by atoms with Gasteiger partial charge in [-0.25, -0.2) is 0 Å². The van der Waals surface area contributed by atoms with Crippen LogP contribution in [0.2, 0.25) is 0 Å². The molecule has 0 atom stereocenters. The molecule has 94 valence electrons. The van der Waals surface area contributed by atoms with Gasteiger partial charge in [0, 0.05) is 17.8 Å². The Labute approximate surface area is 108 Å². The van der Waals surface area contributed by atoms with Crippen LogP contribution in [-0.4, -0.2) is 10.1 Å². The Balaban J connectivity index is 2.13. The van der Waals surface area contributed by atoms with E-state index in [9.17, 15) is 5.11 Å². The number of aryl methyl sites for hydroxylation is 3. The minimum Gasteiger partial charge on any atom is -0.508 e. The van der Waals surface area contributed by atoms with E-state index in [4.69, 9.17) is 0 Å². The van der Waals surface area contributed by atoms with Crippen LogP contribution in [0.1, 0.15) is 22.5 Å². The molecule has 3 heteroatoms. The van der Waals surface area contributed by atoms with Crippen LogP contribution in [0.3, 0.4) is 0 Å². The van der Waals surface area contributed by atoms with Crippen molar-refractivity contribution in [3.05, 3.63) is 52.8 Å². The highest BCUT2D eigenvalue weighted by atomic mass is 16.3. The molecule has 1 heterocycles. The van der Waals surface area contributed by atoms with Crippen LogP contribution in [0.25, 0.3) is 0 Å². The molecular formula is C15H18N2O. The smallest absolute Gasteiger partial charge is 0.120 e. The first-order valence-electron chi connectivity index (χ1n) is 6.03. The average molecular weight is 242 g/mol. The van der Waals surface area contributed by atoms with Crippen molar-refractivity contribution >= 4 is 5.69 Å². The molecule has 0 amide bonds. The topological polar surface area (TPSA) is 45.1 Å². The van der Waals surface area contributed by atoms with Crippen molar-refractivity contribution in [2.45, 2.75) is 27.3 Å². The number of nitrogens with zero attached hydrogens (tertiary/aromatic N) is 1. The predicted octanol–water partition coefficient (Wildman–Crippen LogP) is 3.32. The summed E-state index contributed by atoms with van der Waals surface area (Å²) in [7, 11) is 0. The fourth-order valence-electron chi connectivity index (χ4n) is 1.92. The second-order valence-electron chi connectivity index (χ2n) is 4.57. The summed E-state index contributed by atoms with van der Waals surface area (Å²) in [6.45, 7) is 6.56. The van der Waals surface area contributed by atoms with Gasteiger partial charge in [0.05, 0.1) is 11.4 Å². The van der Waals surface area contributed by atoms with E-state index in [1.807, 2.05) is 45.0 Å². The number of hydrogen-bond acceptors (Lipinski definition) is 3. The maximum atomic E-state index is 9.77. The van der Waals surface area contributed by atoms with E-state index in [0.29, 0.717) is 12.3 Å². The van der Waals surface area contributed by atoms with Crippen molar-refractivity contribution in [2.75, 3.05) is 5.32 Å². The lowest BCUT2D eigenvalue weighted by Gasteiger charge is -2.11. The number of phenolic OH excluding ortho intramolecular Hbond substituents is 1. The van der Waals surface area contributed by atoms with Gasteiger partial charge in [0.15, 0.2) is 0 Å². The fourth-order valence-corrected chi connectivity index (χ4v) is 1.92. The number of hydrogen-bond donors (Lipinski definition) is 2. The second-order valence-corrected chi connectivity index (χ2v) is 4.57. The molecule has 0 spiro atoms. The second kappa shape index (κ2) is 5.08. The molecule has 0 fully saturated rings. The van der Waals surface area contributed by atoms with Gasteiger partial charge in [0.25, 0.3) is 0 Å². The van der Waals surface area contributed by atoms with E-state index in [1.54, 1.807) is 6.07 Å². The molecule has 2 N–H and O–H groups in total. The SMILES string of the molecule is Cc1ccc(O)c(CNc2ccc(C)nc2C)c1. The van der Waals surface area contributed by atoms with Crippen LogP contribution in [0.15, 0.2) is 30.3 Å². The van der Waals surface area contributed by atoms with E-state index in [1.165, 1.54) is 0 Å². The van der Waals surface area contributed by atoms with E-state index in [-0.39, 0.29) is 0 Å². The van der Waals surface area contributed by atoms with Gasteiger partial charge in [0.1, 0.15) is 5.75 Å². The number of aromatic hydroxyl groups is 1. The monoisotopic (exact) mass is 242 g/mol. The Morgan fingerprint density at radius 1 is 1.11 bits per heavy atom.